The fourth-order valence-electron chi connectivity index (χ4n) is 2.84. The molecule has 0 spiro atoms. The van der Waals surface area contributed by atoms with Gasteiger partial charge in [0.05, 0.1) is 11.6 Å². The Kier molecular flexibility index (Phi) is 11.9. The Morgan fingerprint density at radius 2 is 1.71 bits per heavy atom. The van der Waals surface area contributed by atoms with Gasteiger partial charge in [-0.2, -0.15) is 0 Å². The Morgan fingerprint density at radius 1 is 1.00 bits per heavy atom. The predicted octanol–water partition coefficient (Wildman–Crippen LogP) is 5.45. The van der Waals surface area contributed by atoms with Crippen molar-refractivity contribution in [2.75, 3.05) is 6.61 Å². The zero-order chi connectivity index (χ0) is 24.9. The van der Waals surface area contributed by atoms with Crippen LogP contribution >= 0.6 is 35.4 Å². The molecule has 184 valence electrons. The number of carbonyl (C=O) groups is 2. The highest BCUT2D eigenvalue weighted by Gasteiger charge is 2.17. The van der Waals surface area contributed by atoms with Crippen molar-refractivity contribution in [3.05, 3.63) is 58.1 Å². The van der Waals surface area contributed by atoms with Crippen LogP contribution in [0.15, 0.2) is 42.5 Å². The Morgan fingerprint density at radius 3 is 2.38 bits per heavy atom. The summed E-state index contributed by atoms with van der Waals surface area (Å²) in [4.78, 5) is 24.6. The summed E-state index contributed by atoms with van der Waals surface area (Å²) in [6.45, 7) is 4.37. The molecule has 10 heteroatoms. The number of hydrogen-bond acceptors (Lipinski definition) is 5. The van der Waals surface area contributed by atoms with E-state index in [1.54, 1.807) is 43.3 Å². The summed E-state index contributed by atoms with van der Waals surface area (Å²) in [5, 5.41) is 3.17. The van der Waals surface area contributed by atoms with Gasteiger partial charge < -0.3 is 9.47 Å². The lowest BCUT2D eigenvalue weighted by Crippen LogP contribution is -2.51. The molecule has 2 aromatic rings. The first-order chi connectivity index (χ1) is 16.3. The van der Waals surface area contributed by atoms with Crippen molar-refractivity contribution in [3.8, 4) is 11.5 Å². The van der Waals surface area contributed by atoms with Crippen molar-refractivity contribution < 1.29 is 19.1 Å². The number of nitrogens with one attached hydrogen (secondary N) is 3. The van der Waals surface area contributed by atoms with Crippen molar-refractivity contribution in [1.29, 1.82) is 0 Å². The van der Waals surface area contributed by atoms with Crippen LogP contribution in [0.2, 0.25) is 10.0 Å². The maximum Gasteiger partial charge on any atom is 0.279 e. The number of ether oxygens (including phenoxy) is 2. The van der Waals surface area contributed by atoms with Crippen LogP contribution < -0.4 is 25.6 Å². The third-order valence-corrected chi connectivity index (χ3v) is 5.46. The molecule has 0 fully saturated rings. The number of carbonyl (C=O) groups excluding carboxylic acids is 2. The van der Waals surface area contributed by atoms with E-state index in [0.717, 1.165) is 12.8 Å². The normalized spacial score (nSPS) is 11.3. The fourth-order valence-corrected chi connectivity index (χ4v) is 3.44. The van der Waals surface area contributed by atoms with Gasteiger partial charge in [-0.15, -0.1) is 0 Å². The third kappa shape index (κ3) is 9.75. The molecule has 2 rings (SSSR count). The second kappa shape index (κ2) is 14.7. The molecule has 0 heterocycles. The second-order valence-electron chi connectivity index (χ2n) is 7.52. The number of hydrogen-bond donors (Lipinski definition) is 3. The Bertz CT molecular complexity index is 973. The molecular weight excluding hydrogens is 497 g/mol. The van der Waals surface area contributed by atoms with Gasteiger partial charge in [0.2, 0.25) is 0 Å². The summed E-state index contributed by atoms with van der Waals surface area (Å²) in [6, 6.07) is 11.4. The molecule has 2 amide bonds. The molecular formula is C24H29Cl2N3O4S. The lowest BCUT2D eigenvalue weighted by Gasteiger charge is -2.17. The molecule has 7 nitrogen and oxygen atoms in total. The Balaban J connectivity index is 1.72. The van der Waals surface area contributed by atoms with Crippen LogP contribution in [0.5, 0.6) is 11.5 Å². The topological polar surface area (TPSA) is 88.7 Å². The van der Waals surface area contributed by atoms with E-state index >= 15 is 0 Å². The molecule has 0 saturated carbocycles. The second-order valence-corrected chi connectivity index (χ2v) is 8.77. The number of thiocarbonyl (C=S) groups is 1. The maximum absolute atomic E-state index is 12.4. The molecule has 0 aliphatic heterocycles. The summed E-state index contributed by atoms with van der Waals surface area (Å²) in [5.74, 6) is 0.0808. The third-order valence-electron chi connectivity index (χ3n) is 4.73. The Labute approximate surface area is 215 Å². The average Bonchev–Trinajstić information content (AvgIpc) is 2.81. The molecule has 2 aromatic carbocycles. The molecule has 1 atom stereocenters. The van der Waals surface area contributed by atoms with Crippen LogP contribution in [-0.4, -0.2) is 29.6 Å². The van der Waals surface area contributed by atoms with E-state index in [0.29, 0.717) is 28.7 Å². The maximum atomic E-state index is 12.4. The summed E-state index contributed by atoms with van der Waals surface area (Å²) >= 11 is 17.0. The lowest BCUT2D eigenvalue weighted by atomic mass is 10.2. The monoisotopic (exact) mass is 525 g/mol. The van der Waals surface area contributed by atoms with Gasteiger partial charge in [0.15, 0.2) is 11.2 Å². The molecule has 0 saturated heterocycles. The summed E-state index contributed by atoms with van der Waals surface area (Å²) < 4.78 is 11.2. The van der Waals surface area contributed by atoms with Gasteiger partial charge in [-0.05, 0) is 68.0 Å². The van der Waals surface area contributed by atoms with E-state index in [-0.39, 0.29) is 10.1 Å². The molecule has 0 aromatic heterocycles. The highest BCUT2D eigenvalue weighted by molar-refractivity contribution is 7.80. The molecule has 0 aliphatic rings. The van der Waals surface area contributed by atoms with Crippen LogP contribution in [0, 0.1) is 0 Å². The lowest BCUT2D eigenvalue weighted by molar-refractivity contribution is -0.127. The number of unbranched alkanes of at least 4 members (excludes halogenated alkanes) is 4. The van der Waals surface area contributed by atoms with Crippen molar-refractivity contribution >= 4 is 52.3 Å². The number of rotatable bonds is 11. The minimum atomic E-state index is -0.885. The summed E-state index contributed by atoms with van der Waals surface area (Å²) in [6.07, 6.45) is 4.94. The van der Waals surface area contributed by atoms with Crippen molar-refractivity contribution in [2.24, 2.45) is 0 Å². The molecule has 0 aliphatic carbocycles. The van der Waals surface area contributed by atoms with E-state index in [9.17, 15) is 9.59 Å². The SMILES string of the molecule is CCCCCCCOc1ccc(C(=O)NC(=S)NNC(=O)C(C)Oc2ccc(Cl)cc2Cl)cc1. The summed E-state index contributed by atoms with van der Waals surface area (Å²) in [5.41, 5.74) is 5.26. The van der Waals surface area contributed by atoms with Gasteiger partial charge in [0.1, 0.15) is 11.5 Å². The van der Waals surface area contributed by atoms with E-state index in [4.69, 9.17) is 44.9 Å². The van der Waals surface area contributed by atoms with Gasteiger partial charge in [-0.3, -0.25) is 25.8 Å². The van der Waals surface area contributed by atoms with Crippen molar-refractivity contribution in [1.82, 2.24) is 16.2 Å². The van der Waals surface area contributed by atoms with Crippen LogP contribution in [0.1, 0.15) is 56.3 Å². The molecule has 1 unspecified atom stereocenters. The van der Waals surface area contributed by atoms with E-state index in [2.05, 4.69) is 23.1 Å². The standard InChI is InChI=1S/C24H29Cl2N3O4S/c1-3-4-5-6-7-14-32-19-11-8-17(9-12-19)23(31)27-24(34)29-28-22(30)16(2)33-21-13-10-18(25)15-20(21)26/h8-13,15-16H,3-7,14H2,1-2H3,(H,28,30)(H2,27,29,31,34). The van der Waals surface area contributed by atoms with Gasteiger partial charge in [0.25, 0.3) is 11.8 Å². The predicted molar refractivity (Wildman–Crippen MR) is 139 cm³/mol. The molecule has 0 bridgehead atoms. The highest BCUT2D eigenvalue weighted by atomic mass is 35.5. The first-order valence-corrected chi connectivity index (χ1v) is 12.2. The average molecular weight is 526 g/mol. The van der Waals surface area contributed by atoms with Crippen LogP contribution in [0.25, 0.3) is 0 Å². The van der Waals surface area contributed by atoms with Gasteiger partial charge in [-0.25, -0.2) is 0 Å². The van der Waals surface area contributed by atoms with Crippen molar-refractivity contribution in [3.63, 3.8) is 0 Å². The van der Waals surface area contributed by atoms with Crippen LogP contribution in [0.3, 0.4) is 0 Å². The van der Waals surface area contributed by atoms with Gasteiger partial charge in [0, 0.05) is 10.6 Å². The fraction of sp³-hybridized carbons (Fsp3) is 0.375. The summed E-state index contributed by atoms with van der Waals surface area (Å²) in [7, 11) is 0. The van der Waals surface area contributed by atoms with E-state index < -0.39 is 17.9 Å². The minimum absolute atomic E-state index is 0.0671. The first-order valence-electron chi connectivity index (χ1n) is 11.1. The van der Waals surface area contributed by atoms with Gasteiger partial charge >= 0.3 is 0 Å². The number of halogens is 2. The minimum Gasteiger partial charge on any atom is -0.494 e. The zero-order valence-corrected chi connectivity index (χ0v) is 21.5. The van der Waals surface area contributed by atoms with Crippen LogP contribution in [-0.2, 0) is 4.79 Å². The first kappa shape index (κ1) is 27.7. The smallest absolute Gasteiger partial charge is 0.279 e. The molecule has 3 N–H and O–H groups in total. The largest absolute Gasteiger partial charge is 0.494 e. The van der Waals surface area contributed by atoms with Gasteiger partial charge in [-0.1, -0.05) is 55.8 Å². The highest BCUT2D eigenvalue weighted by Crippen LogP contribution is 2.28. The molecule has 0 radical (unpaired) electrons. The van der Waals surface area contributed by atoms with E-state index in [1.165, 1.54) is 25.3 Å². The number of amides is 2. The van der Waals surface area contributed by atoms with E-state index in [1.807, 2.05) is 0 Å². The Hall–Kier alpha value is -2.55. The van der Waals surface area contributed by atoms with Crippen LogP contribution in [0.4, 0.5) is 0 Å². The quantitative estimate of drug-likeness (QED) is 0.205. The molecule has 34 heavy (non-hydrogen) atoms. The number of benzene rings is 2. The van der Waals surface area contributed by atoms with Crippen molar-refractivity contribution in [2.45, 2.75) is 52.1 Å². The zero-order valence-electron chi connectivity index (χ0n) is 19.2. The number of hydrazine groups is 1.